The molecule has 3 rings (SSSR count). The van der Waals surface area contributed by atoms with Gasteiger partial charge in [0.1, 0.15) is 12.6 Å². The first-order valence-electron chi connectivity index (χ1n) is 9.38. The highest BCUT2D eigenvalue weighted by molar-refractivity contribution is 5.87. The highest BCUT2D eigenvalue weighted by atomic mass is 16.7. The van der Waals surface area contributed by atoms with Crippen molar-refractivity contribution in [3.05, 3.63) is 59.8 Å². The summed E-state index contributed by atoms with van der Waals surface area (Å²) in [6.45, 7) is 2.99. The Bertz CT molecular complexity index is 754. The average Bonchev–Trinajstić information content (AvgIpc) is 3.18. The van der Waals surface area contributed by atoms with Crippen LogP contribution in [-0.2, 0) is 9.47 Å². The van der Waals surface area contributed by atoms with Crippen LogP contribution >= 0.6 is 0 Å². The van der Waals surface area contributed by atoms with E-state index >= 15 is 0 Å². The summed E-state index contributed by atoms with van der Waals surface area (Å²) in [5.74, 6) is -0.231. The van der Waals surface area contributed by atoms with Gasteiger partial charge in [-0.25, -0.2) is 9.78 Å². The number of aromatic nitrogens is 1. The minimum Gasteiger partial charge on any atom is -0.478 e. The minimum atomic E-state index is -0.972. The topological polar surface area (TPSA) is 75.1 Å². The fraction of sp³-hybridized carbons (Fsp3) is 0.429. The first-order chi connectivity index (χ1) is 13.6. The Hall–Kier alpha value is -2.48. The fourth-order valence-corrected chi connectivity index (χ4v) is 3.52. The molecule has 0 bridgehead atoms. The van der Waals surface area contributed by atoms with Crippen LogP contribution < -0.4 is 4.90 Å². The first kappa shape index (κ1) is 20.3. The van der Waals surface area contributed by atoms with Crippen LogP contribution in [0, 0.1) is 0 Å². The van der Waals surface area contributed by atoms with E-state index < -0.39 is 5.97 Å². The summed E-state index contributed by atoms with van der Waals surface area (Å²) in [5.41, 5.74) is 1.38. The molecule has 7 nitrogen and oxygen atoms in total. The van der Waals surface area contributed by atoms with Crippen molar-refractivity contribution in [2.45, 2.75) is 18.6 Å². The van der Waals surface area contributed by atoms with E-state index in [0.29, 0.717) is 6.79 Å². The number of carboxylic acid groups (broad SMARTS) is 1. The van der Waals surface area contributed by atoms with Gasteiger partial charge < -0.3 is 19.5 Å². The fourth-order valence-electron chi connectivity index (χ4n) is 3.52. The van der Waals surface area contributed by atoms with Crippen molar-refractivity contribution in [2.24, 2.45) is 0 Å². The summed E-state index contributed by atoms with van der Waals surface area (Å²) >= 11 is 0. The molecule has 28 heavy (non-hydrogen) atoms. The molecule has 0 aliphatic carbocycles. The zero-order valence-electron chi connectivity index (χ0n) is 16.3. The van der Waals surface area contributed by atoms with Crippen molar-refractivity contribution >= 4 is 11.8 Å². The molecule has 2 heterocycles. The second-order valence-electron chi connectivity index (χ2n) is 6.99. The number of rotatable bonds is 9. The molecule has 7 heteroatoms. The molecule has 150 valence electrons. The third-order valence-corrected chi connectivity index (χ3v) is 5.09. The van der Waals surface area contributed by atoms with Gasteiger partial charge in [0.2, 0.25) is 0 Å². The Morgan fingerprint density at radius 3 is 2.75 bits per heavy atom. The van der Waals surface area contributed by atoms with Crippen molar-refractivity contribution < 1.29 is 19.4 Å². The summed E-state index contributed by atoms with van der Waals surface area (Å²) in [7, 11) is 3.63. The zero-order chi connectivity index (χ0) is 19.9. The number of anilines is 1. The molecular weight excluding hydrogens is 358 g/mol. The predicted octanol–water partition coefficient (Wildman–Crippen LogP) is 2.65. The van der Waals surface area contributed by atoms with E-state index in [1.54, 1.807) is 19.2 Å². The molecule has 0 amide bonds. The number of likely N-dealkylation sites (N-methyl/N-ethyl adjacent to an activating group) is 1. The molecule has 1 N–H and O–H groups in total. The first-order valence-corrected chi connectivity index (χ1v) is 9.38. The quantitative estimate of drug-likeness (QED) is 0.665. The number of likely N-dealkylation sites (tertiary alicyclic amines) is 1. The van der Waals surface area contributed by atoms with E-state index in [1.807, 2.05) is 25.2 Å². The van der Waals surface area contributed by atoms with E-state index in [2.05, 4.69) is 26.9 Å². The number of hydrogen-bond acceptors (Lipinski definition) is 6. The second kappa shape index (κ2) is 9.64. The summed E-state index contributed by atoms with van der Waals surface area (Å²) in [5, 5.41) is 9.10. The van der Waals surface area contributed by atoms with Crippen molar-refractivity contribution in [3.8, 4) is 0 Å². The number of nitrogens with zero attached hydrogens (tertiary/aromatic N) is 3. The third kappa shape index (κ3) is 5.07. The molecule has 2 aromatic rings. The van der Waals surface area contributed by atoms with Gasteiger partial charge in [-0.3, -0.25) is 4.90 Å². The maximum absolute atomic E-state index is 11.1. The normalized spacial score (nSPS) is 18.1. The predicted molar refractivity (Wildman–Crippen MR) is 107 cm³/mol. The molecular formula is C21H27N3O4. The van der Waals surface area contributed by atoms with Crippen LogP contribution in [0.3, 0.4) is 0 Å². The van der Waals surface area contributed by atoms with Gasteiger partial charge in [-0.05, 0) is 24.1 Å². The highest BCUT2D eigenvalue weighted by Crippen LogP contribution is 2.27. The van der Waals surface area contributed by atoms with E-state index in [0.717, 1.165) is 31.9 Å². The van der Waals surface area contributed by atoms with Crippen molar-refractivity contribution in [2.75, 3.05) is 45.5 Å². The van der Waals surface area contributed by atoms with Gasteiger partial charge in [-0.15, -0.1) is 0 Å². The summed E-state index contributed by atoms with van der Waals surface area (Å²) < 4.78 is 10.7. The number of carbonyl (C=O) groups is 1. The lowest BCUT2D eigenvalue weighted by atomic mass is 10.0. The molecule has 1 aromatic heterocycles. The molecule has 0 spiro atoms. The van der Waals surface area contributed by atoms with Crippen molar-refractivity contribution in [1.29, 1.82) is 0 Å². The van der Waals surface area contributed by atoms with Crippen LogP contribution in [0.5, 0.6) is 0 Å². The number of carboxylic acids is 1. The minimum absolute atomic E-state index is 0.0885. The van der Waals surface area contributed by atoms with Gasteiger partial charge in [0, 0.05) is 40.0 Å². The summed E-state index contributed by atoms with van der Waals surface area (Å²) in [4.78, 5) is 19.9. The number of hydrogen-bond donors (Lipinski definition) is 1. The molecule has 0 unspecified atom stereocenters. The van der Waals surface area contributed by atoms with Crippen LogP contribution in [0.1, 0.15) is 28.4 Å². The zero-order valence-corrected chi connectivity index (χ0v) is 16.3. The Kier molecular flexibility index (Phi) is 6.97. The molecule has 1 fully saturated rings. The SMILES string of the molecule is COCO[C@H]1CCN(C[C@H](c2ccccc2)N(C)c2ccc(C(=O)O)cn2)C1. The third-order valence-electron chi connectivity index (χ3n) is 5.09. The maximum Gasteiger partial charge on any atom is 0.337 e. The van der Waals surface area contributed by atoms with E-state index in [-0.39, 0.29) is 17.7 Å². The number of benzene rings is 1. The maximum atomic E-state index is 11.1. The Morgan fingerprint density at radius 2 is 2.11 bits per heavy atom. The lowest BCUT2D eigenvalue weighted by molar-refractivity contribution is -0.0671. The van der Waals surface area contributed by atoms with Crippen LogP contribution in [0.15, 0.2) is 48.7 Å². The lowest BCUT2D eigenvalue weighted by Gasteiger charge is -2.33. The standard InChI is InChI=1S/C21H27N3O4/c1-23(20-9-8-17(12-22-20)21(25)26)19(16-6-4-3-5-7-16)14-24-11-10-18(13-24)28-15-27-2/h3-9,12,18-19H,10-11,13-15H2,1-2H3,(H,25,26)/t18-,19+/m0/s1. The lowest BCUT2D eigenvalue weighted by Crippen LogP contribution is -2.36. The van der Waals surface area contributed by atoms with Gasteiger partial charge in [0.15, 0.2) is 0 Å². The monoisotopic (exact) mass is 385 g/mol. The summed E-state index contributed by atoms with van der Waals surface area (Å²) in [6.07, 6.45) is 2.58. The van der Waals surface area contributed by atoms with E-state index in [1.165, 1.54) is 11.8 Å². The van der Waals surface area contributed by atoms with E-state index in [9.17, 15) is 4.79 Å². The Balaban J connectivity index is 1.75. The molecule has 0 saturated carbocycles. The number of aromatic carboxylic acids is 1. The molecule has 1 aliphatic rings. The van der Waals surface area contributed by atoms with Crippen LogP contribution in [0.4, 0.5) is 5.82 Å². The van der Waals surface area contributed by atoms with Crippen LogP contribution in [0.2, 0.25) is 0 Å². The smallest absolute Gasteiger partial charge is 0.337 e. The van der Waals surface area contributed by atoms with Gasteiger partial charge in [-0.2, -0.15) is 0 Å². The summed E-state index contributed by atoms with van der Waals surface area (Å²) in [6, 6.07) is 13.7. The number of methoxy groups -OCH3 is 1. The van der Waals surface area contributed by atoms with Gasteiger partial charge in [-0.1, -0.05) is 30.3 Å². The molecule has 2 atom stereocenters. The van der Waals surface area contributed by atoms with Crippen LogP contribution in [-0.4, -0.2) is 67.6 Å². The number of ether oxygens (including phenoxy) is 2. The molecule has 1 saturated heterocycles. The van der Waals surface area contributed by atoms with Gasteiger partial charge in [0.25, 0.3) is 0 Å². The average molecular weight is 385 g/mol. The van der Waals surface area contributed by atoms with Crippen molar-refractivity contribution in [3.63, 3.8) is 0 Å². The Morgan fingerprint density at radius 1 is 1.32 bits per heavy atom. The highest BCUT2D eigenvalue weighted by Gasteiger charge is 2.28. The van der Waals surface area contributed by atoms with Gasteiger partial charge >= 0.3 is 5.97 Å². The largest absolute Gasteiger partial charge is 0.478 e. The van der Waals surface area contributed by atoms with Gasteiger partial charge in [0.05, 0.1) is 17.7 Å². The molecule has 0 radical (unpaired) electrons. The Labute approximate surface area is 165 Å². The van der Waals surface area contributed by atoms with Crippen LogP contribution in [0.25, 0.3) is 0 Å². The molecule has 1 aromatic carbocycles. The second-order valence-corrected chi connectivity index (χ2v) is 6.99. The van der Waals surface area contributed by atoms with Crippen molar-refractivity contribution in [1.82, 2.24) is 9.88 Å². The number of pyridine rings is 1. The molecule has 1 aliphatic heterocycles. The van der Waals surface area contributed by atoms with E-state index in [4.69, 9.17) is 14.6 Å².